The molecule has 3 nitrogen and oxygen atoms in total. The number of hydrogen-bond donors (Lipinski definition) is 2. The van der Waals surface area contributed by atoms with Crippen LogP contribution in [0.25, 0.3) is 0 Å². The van der Waals surface area contributed by atoms with Crippen LogP contribution < -0.4 is 10.5 Å². The first-order chi connectivity index (χ1) is 7.71. The molecule has 1 atom stereocenters. The van der Waals surface area contributed by atoms with E-state index >= 15 is 0 Å². The lowest BCUT2D eigenvalue weighted by atomic mass is 9.99. The van der Waals surface area contributed by atoms with Crippen molar-refractivity contribution in [2.24, 2.45) is 11.7 Å². The molecule has 0 heterocycles. The van der Waals surface area contributed by atoms with Crippen LogP contribution in [0.4, 0.5) is 4.39 Å². The van der Waals surface area contributed by atoms with Crippen molar-refractivity contribution in [2.45, 2.75) is 13.3 Å². The smallest absolute Gasteiger partial charge is 0.123 e. The zero-order valence-electron chi connectivity index (χ0n) is 9.45. The fourth-order valence-electron chi connectivity index (χ4n) is 1.54. The second-order valence-electron chi connectivity index (χ2n) is 3.67. The van der Waals surface area contributed by atoms with Gasteiger partial charge in [0.15, 0.2) is 0 Å². The topological polar surface area (TPSA) is 55.5 Å². The third-order valence-corrected chi connectivity index (χ3v) is 2.42. The van der Waals surface area contributed by atoms with Gasteiger partial charge < -0.3 is 15.6 Å². The number of aliphatic hydroxyl groups excluding tert-OH is 1. The second kappa shape index (κ2) is 6.45. The molecule has 0 saturated carbocycles. The van der Waals surface area contributed by atoms with Crippen LogP contribution in [0.15, 0.2) is 18.2 Å². The highest BCUT2D eigenvalue weighted by Crippen LogP contribution is 2.22. The van der Waals surface area contributed by atoms with E-state index in [2.05, 4.69) is 0 Å². The standard InChI is InChI=1S/C12H18FNO2/c1-2-16-12-4-3-11(13)6-10(12)5-9(7-14)8-15/h3-4,6,9,15H,2,5,7-8,14H2,1H3. The van der Waals surface area contributed by atoms with Crippen molar-refractivity contribution < 1.29 is 14.2 Å². The van der Waals surface area contributed by atoms with E-state index in [1.165, 1.54) is 12.1 Å². The molecule has 16 heavy (non-hydrogen) atoms. The van der Waals surface area contributed by atoms with Gasteiger partial charge in [-0.2, -0.15) is 0 Å². The van der Waals surface area contributed by atoms with E-state index in [4.69, 9.17) is 15.6 Å². The average Bonchev–Trinajstić information content (AvgIpc) is 2.29. The maximum Gasteiger partial charge on any atom is 0.123 e. The van der Waals surface area contributed by atoms with Gasteiger partial charge in [-0.15, -0.1) is 0 Å². The Morgan fingerprint density at radius 3 is 2.81 bits per heavy atom. The van der Waals surface area contributed by atoms with Gasteiger partial charge in [0.05, 0.1) is 6.61 Å². The Hall–Kier alpha value is -1.13. The quantitative estimate of drug-likeness (QED) is 0.771. The molecular weight excluding hydrogens is 209 g/mol. The summed E-state index contributed by atoms with van der Waals surface area (Å²) in [7, 11) is 0. The largest absolute Gasteiger partial charge is 0.494 e. The summed E-state index contributed by atoms with van der Waals surface area (Å²) in [6, 6.07) is 4.41. The molecule has 0 amide bonds. The van der Waals surface area contributed by atoms with Crippen molar-refractivity contribution in [1.82, 2.24) is 0 Å². The normalized spacial score (nSPS) is 12.5. The minimum atomic E-state index is -0.299. The van der Waals surface area contributed by atoms with E-state index in [0.717, 1.165) is 5.56 Å². The van der Waals surface area contributed by atoms with E-state index in [-0.39, 0.29) is 18.3 Å². The first-order valence-electron chi connectivity index (χ1n) is 5.43. The first-order valence-corrected chi connectivity index (χ1v) is 5.43. The number of rotatable bonds is 6. The maximum absolute atomic E-state index is 13.1. The summed E-state index contributed by atoms with van der Waals surface area (Å²) in [5.41, 5.74) is 6.25. The molecule has 0 radical (unpaired) electrons. The molecule has 0 spiro atoms. The number of aliphatic hydroxyl groups is 1. The number of nitrogens with two attached hydrogens (primary N) is 1. The van der Waals surface area contributed by atoms with Gasteiger partial charge in [0.1, 0.15) is 11.6 Å². The van der Waals surface area contributed by atoms with Gasteiger partial charge in [0.25, 0.3) is 0 Å². The molecule has 0 fully saturated rings. The Morgan fingerprint density at radius 2 is 2.25 bits per heavy atom. The van der Waals surface area contributed by atoms with Crippen molar-refractivity contribution in [1.29, 1.82) is 0 Å². The fraction of sp³-hybridized carbons (Fsp3) is 0.500. The summed E-state index contributed by atoms with van der Waals surface area (Å²) >= 11 is 0. The maximum atomic E-state index is 13.1. The van der Waals surface area contributed by atoms with E-state index in [1.807, 2.05) is 6.92 Å². The summed E-state index contributed by atoms with van der Waals surface area (Å²) in [5.74, 6) is 0.309. The minimum absolute atomic E-state index is 0.00141. The molecule has 1 aromatic carbocycles. The Bertz CT molecular complexity index is 327. The lowest BCUT2D eigenvalue weighted by Gasteiger charge is -2.15. The summed E-state index contributed by atoms with van der Waals surface area (Å²) in [6.45, 7) is 2.78. The first kappa shape index (κ1) is 12.9. The van der Waals surface area contributed by atoms with Gasteiger partial charge in [0.2, 0.25) is 0 Å². The predicted molar refractivity (Wildman–Crippen MR) is 60.9 cm³/mol. The van der Waals surface area contributed by atoms with E-state index < -0.39 is 0 Å². The highest BCUT2D eigenvalue weighted by Gasteiger charge is 2.11. The highest BCUT2D eigenvalue weighted by molar-refractivity contribution is 5.34. The lowest BCUT2D eigenvalue weighted by molar-refractivity contribution is 0.228. The zero-order valence-corrected chi connectivity index (χ0v) is 9.45. The summed E-state index contributed by atoms with van der Waals surface area (Å²) in [5, 5.41) is 9.06. The SMILES string of the molecule is CCOc1ccc(F)cc1CC(CN)CO. The van der Waals surface area contributed by atoms with Crippen molar-refractivity contribution in [3.8, 4) is 5.75 Å². The molecule has 4 heteroatoms. The van der Waals surface area contributed by atoms with Crippen LogP contribution in [0.3, 0.4) is 0 Å². The second-order valence-corrected chi connectivity index (χ2v) is 3.67. The third-order valence-electron chi connectivity index (χ3n) is 2.42. The van der Waals surface area contributed by atoms with Crippen molar-refractivity contribution in [3.05, 3.63) is 29.6 Å². The van der Waals surface area contributed by atoms with Crippen molar-refractivity contribution >= 4 is 0 Å². The van der Waals surface area contributed by atoms with Crippen LogP contribution >= 0.6 is 0 Å². The third kappa shape index (κ3) is 3.47. The van der Waals surface area contributed by atoms with Gasteiger partial charge in [-0.05, 0) is 49.6 Å². The molecule has 0 aromatic heterocycles. The van der Waals surface area contributed by atoms with Crippen LogP contribution in [0, 0.1) is 11.7 Å². The van der Waals surface area contributed by atoms with E-state index in [1.54, 1.807) is 6.07 Å². The Labute approximate surface area is 95.0 Å². The van der Waals surface area contributed by atoms with Gasteiger partial charge in [-0.25, -0.2) is 4.39 Å². The molecule has 0 aliphatic carbocycles. The monoisotopic (exact) mass is 227 g/mol. The summed E-state index contributed by atoms with van der Waals surface area (Å²) in [6.07, 6.45) is 0.528. The van der Waals surface area contributed by atoms with Crippen LogP contribution in [0.1, 0.15) is 12.5 Å². The molecule has 90 valence electrons. The Morgan fingerprint density at radius 1 is 1.50 bits per heavy atom. The highest BCUT2D eigenvalue weighted by atomic mass is 19.1. The molecule has 1 rings (SSSR count). The van der Waals surface area contributed by atoms with Gasteiger partial charge >= 0.3 is 0 Å². The Kier molecular flexibility index (Phi) is 5.22. The van der Waals surface area contributed by atoms with Crippen LogP contribution in [0.2, 0.25) is 0 Å². The molecule has 1 unspecified atom stereocenters. The predicted octanol–water partition coefficient (Wildman–Crippen LogP) is 1.33. The number of halogens is 1. The Balaban J connectivity index is 2.86. The zero-order chi connectivity index (χ0) is 12.0. The van der Waals surface area contributed by atoms with E-state index in [9.17, 15) is 4.39 Å². The molecule has 1 aromatic rings. The summed E-state index contributed by atoms with van der Waals surface area (Å²) < 4.78 is 18.5. The van der Waals surface area contributed by atoms with Crippen molar-refractivity contribution in [3.63, 3.8) is 0 Å². The molecule has 0 aliphatic rings. The average molecular weight is 227 g/mol. The molecule has 0 aliphatic heterocycles. The van der Waals surface area contributed by atoms with Gasteiger partial charge in [0, 0.05) is 6.61 Å². The van der Waals surface area contributed by atoms with Gasteiger partial charge in [-0.1, -0.05) is 0 Å². The molecule has 3 N–H and O–H groups in total. The molecule has 0 saturated heterocycles. The number of ether oxygens (including phenoxy) is 1. The molecule has 0 bridgehead atoms. The van der Waals surface area contributed by atoms with Crippen molar-refractivity contribution in [2.75, 3.05) is 19.8 Å². The fourth-order valence-corrected chi connectivity index (χ4v) is 1.54. The number of hydrogen-bond acceptors (Lipinski definition) is 3. The van der Waals surface area contributed by atoms with E-state index in [0.29, 0.717) is 25.3 Å². The van der Waals surface area contributed by atoms with Crippen LogP contribution in [-0.2, 0) is 6.42 Å². The van der Waals surface area contributed by atoms with Gasteiger partial charge in [-0.3, -0.25) is 0 Å². The van der Waals surface area contributed by atoms with Crippen LogP contribution in [0.5, 0.6) is 5.75 Å². The lowest BCUT2D eigenvalue weighted by Crippen LogP contribution is -2.20. The minimum Gasteiger partial charge on any atom is -0.494 e. The summed E-state index contributed by atoms with van der Waals surface area (Å²) in [4.78, 5) is 0. The molecular formula is C12H18FNO2. The van der Waals surface area contributed by atoms with Crippen LogP contribution in [-0.4, -0.2) is 24.9 Å². The number of benzene rings is 1.